The fourth-order valence-electron chi connectivity index (χ4n) is 1.76. The van der Waals surface area contributed by atoms with Gasteiger partial charge in [-0.05, 0) is 7.05 Å². The minimum absolute atomic E-state index is 0.866. The maximum Gasteiger partial charge on any atom is 0.203 e. The van der Waals surface area contributed by atoms with Crippen LogP contribution in [0.4, 0.5) is 0 Å². The molecule has 0 spiro atoms. The van der Waals surface area contributed by atoms with E-state index in [4.69, 9.17) is 4.52 Å². The van der Waals surface area contributed by atoms with Crippen molar-refractivity contribution in [3.63, 3.8) is 0 Å². The second-order valence-corrected chi connectivity index (χ2v) is 3.44. The molecule has 2 aromatic heterocycles. The van der Waals surface area contributed by atoms with E-state index >= 15 is 0 Å². The van der Waals surface area contributed by atoms with E-state index in [9.17, 15) is 0 Å². The summed E-state index contributed by atoms with van der Waals surface area (Å²) in [5.41, 5.74) is 1.74. The number of nitrogens with zero attached hydrogens (tertiary/aromatic N) is 4. The third-order valence-corrected chi connectivity index (χ3v) is 2.47. The van der Waals surface area contributed by atoms with Gasteiger partial charge in [0.2, 0.25) is 5.65 Å². The summed E-state index contributed by atoms with van der Waals surface area (Å²) >= 11 is 0. The second kappa shape index (κ2) is 2.32. The first-order valence-electron chi connectivity index (χ1n) is 4.32. The molecular formula is C8H10N4O. The third kappa shape index (κ3) is 0.904. The summed E-state index contributed by atoms with van der Waals surface area (Å²) in [4.78, 5) is 6.68. The average Bonchev–Trinajstić information content (AvgIpc) is 2.62. The molecule has 0 aromatic carbocycles. The molecule has 3 heterocycles. The number of fused-ring (bicyclic) bond motifs is 3. The van der Waals surface area contributed by atoms with E-state index in [1.54, 1.807) is 6.26 Å². The largest absolute Gasteiger partial charge is 0.360 e. The van der Waals surface area contributed by atoms with Gasteiger partial charge in [-0.15, -0.1) is 0 Å². The summed E-state index contributed by atoms with van der Waals surface area (Å²) in [7, 11) is 2.10. The van der Waals surface area contributed by atoms with Crippen molar-refractivity contribution in [1.29, 1.82) is 0 Å². The zero-order chi connectivity index (χ0) is 8.84. The lowest BCUT2D eigenvalue weighted by Crippen LogP contribution is -2.30. The van der Waals surface area contributed by atoms with Crippen molar-refractivity contribution in [2.24, 2.45) is 0 Å². The molecule has 1 aliphatic rings. The molecule has 0 fully saturated rings. The maximum atomic E-state index is 4.85. The Morgan fingerprint density at radius 3 is 3.31 bits per heavy atom. The highest BCUT2D eigenvalue weighted by Gasteiger charge is 2.19. The summed E-state index contributed by atoms with van der Waals surface area (Å²) in [6, 6.07) is 0. The molecule has 0 saturated heterocycles. The van der Waals surface area contributed by atoms with Gasteiger partial charge in [-0.1, -0.05) is 5.16 Å². The van der Waals surface area contributed by atoms with Crippen LogP contribution in [0.25, 0.3) is 11.2 Å². The van der Waals surface area contributed by atoms with Crippen LogP contribution in [0, 0.1) is 0 Å². The minimum atomic E-state index is 0.866. The van der Waals surface area contributed by atoms with Crippen molar-refractivity contribution >= 4 is 11.2 Å². The Bertz CT molecular complexity index is 444. The second-order valence-electron chi connectivity index (χ2n) is 3.44. The lowest BCUT2D eigenvalue weighted by atomic mass is 10.4. The van der Waals surface area contributed by atoms with Crippen LogP contribution in [0.5, 0.6) is 0 Å². The van der Waals surface area contributed by atoms with Gasteiger partial charge in [0.25, 0.3) is 0 Å². The Labute approximate surface area is 74.9 Å². The monoisotopic (exact) mass is 178 g/mol. The van der Waals surface area contributed by atoms with Crippen molar-refractivity contribution in [1.82, 2.24) is 19.6 Å². The Morgan fingerprint density at radius 1 is 1.46 bits per heavy atom. The van der Waals surface area contributed by atoms with Gasteiger partial charge >= 0.3 is 0 Å². The molecule has 0 radical (unpaired) electrons. The SMILES string of the molecule is CN1CCn2c(nc3conc32)C1. The van der Waals surface area contributed by atoms with Gasteiger partial charge in [0.15, 0.2) is 6.26 Å². The number of hydrogen-bond acceptors (Lipinski definition) is 4. The fourth-order valence-corrected chi connectivity index (χ4v) is 1.76. The summed E-state index contributed by atoms with van der Waals surface area (Å²) in [5.74, 6) is 1.09. The molecule has 68 valence electrons. The highest BCUT2D eigenvalue weighted by atomic mass is 16.5. The van der Waals surface area contributed by atoms with Crippen LogP contribution in [0.1, 0.15) is 5.82 Å². The average molecular weight is 178 g/mol. The number of rotatable bonds is 0. The quantitative estimate of drug-likeness (QED) is 0.588. The predicted molar refractivity (Wildman–Crippen MR) is 46.1 cm³/mol. The Kier molecular flexibility index (Phi) is 1.26. The van der Waals surface area contributed by atoms with Gasteiger partial charge in [0.05, 0.1) is 6.54 Å². The van der Waals surface area contributed by atoms with E-state index in [1.165, 1.54) is 0 Å². The molecule has 0 saturated carbocycles. The first-order valence-corrected chi connectivity index (χ1v) is 4.32. The van der Waals surface area contributed by atoms with Crippen LogP contribution in [-0.2, 0) is 13.1 Å². The first kappa shape index (κ1) is 7.08. The Hall–Kier alpha value is -1.36. The molecule has 0 bridgehead atoms. The maximum absolute atomic E-state index is 4.85. The van der Waals surface area contributed by atoms with Crippen LogP contribution >= 0.6 is 0 Å². The number of aromatic nitrogens is 3. The summed E-state index contributed by atoms with van der Waals surface area (Å²) in [6.07, 6.45) is 1.60. The first-order chi connectivity index (χ1) is 6.34. The van der Waals surface area contributed by atoms with Crippen LogP contribution < -0.4 is 0 Å². The topological polar surface area (TPSA) is 47.1 Å². The van der Waals surface area contributed by atoms with Crippen molar-refractivity contribution in [2.45, 2.75) is 13.1 Å². The van der Waals surface area contributed by atoms with Crippen LogP contribution in [0.15, 0.2) is 10.8 Å². The van der Waals surface area contributed by atoms with Crippen LogP contribution in [0.2, 0.25) is 0 Å². The predicted octanol–water partition coefficient (Wildman–Crippen LogP) is 0.470. The van der Waals surface area contributed by atoms with Gasteiger partial charge in [0.1, 0.15) is 11.3 Å². The smallest absolute Gasteiger partial charge is 0.203 e. The number of likely N-dealkylation sites (N-methyl/N-ethyl adjacent to an activating group) is 1. The molecule has 3 rings (SSSR count). The third-order valence-electron chi connectivity index (χ3n) is 2.47. The van der Waals surface area contributed by atoms with E-state index < -0.39 is 0 Å². The van der Waals surface area contributed by atoms with Crippen LogP contribution in [0.3, 0.4) is 0 Å². The molecule has 5 nitrogen and oxygen atoms in total. The van der Waals surface area contributed by atoms with E-state index in [0.29, 0.717) is 0 Å². The summed E-state index contributed by atoms with van der Waals surface area (Å²) in [6.45, 7) is 2.90. The normalized spacial score (nSPS) is 17.9. The molecular weight excluding hydrogens is 168 g/mol. The summed E-state index contributed by atoms with van der Waals surface area (Å²) < 4.78 is 6.97. The van der Waals surface area contributed by atoms with Gasteiger partial charge in [-0.25, -0.2) is 4.98 Å². The summed E-state index contributed by atoms with van der Waals surface area (Å²) in [5, 5.41) is 3.92. The number of hydrogen-bond donors (Lipinski definition) is 0. The van der Waals surface area contributed by atoms with Crippen molar-refractivity contribution in [2.75, 3.05) is 13.6 Å². The highest BCUT2D eigenvalue weighted by Crippen LogP contribution is 2.18. The molecule has 5 heteroatoms. The van der Waals surface area contributed by atoms with Gasteiger partial charge in [-0.2, -0.15) is 0 Å². The molecule has 2 aromatic rings. The Morgan fingerprint density at radius 2 is 2.38 bits per heavy atom. The molecule has 0 amide bonds. The number of imidazole rings is 1. The van der Waals surface area contributed by atoms with Gasteiger partial charge in [-0.3, -0.25) is 4.90 Å². The Balaban J connectivity index is 2.22. The molecule has 13 heavy (non-hydrogen) atoms. The lowest BCUT2D eigenvalue weighted by Gasteiger charge is -2.22. The van der Waals surface area contributed by atoms with Gasteiger partial charge < -0.3 is 9.09 Å². The van der Waals surface area contributed by atoms with E-state index in [0.717, 1.165) is 36.6 Å². The van der Waals surface area contributed by atoms with E-state index in [1.807, 2.05) is 0 Å². The highest BCUT2D eigenvalue weighted by molar-refractivity contribution is 5.69. The van der Waals surface area contributed by atoms with E-state index in [2.05, 4.69) is 26.7 Å². The minimum Gasteiger partial charge on any atom is -0.360 e. The molecule has 0 aliphatic carbocycles. The molecule has 0 atom stereocenters. The zero-order valence-corrected chi connectivity index (χ0v) is 7.40. The van der Waals surface area contributed by atoms with Crippen molar-refractivity contribution in [3.8, 4) is 0 Å². The standard InChI is InChI=1S/C8H10N4O/c1-11-2-3-12-7(4-11)9-6-5-13-10-8(6)12/h5H,2-4H2,1H3. The molecule has 1 aliphatic heterocycles. The van der Waals surface area contributed by atoms with Crippen molar-refractivity contribution < 1.29 is 4.52 Å². The fraction of sp³-hybridized carbons (Fsp3) is 0.500. The van der Waals surface area contributed by atoms with Gasteiger partial charge in [0, 0.05) is 13.1 Å². The van der Waals surface area contributed by atoms with Crippen molar-refractivity contribution in [3.05, 3.63) is 12.1 Å². The molecule has 0 unspecified atom stereocenters. The van der Waals surface area contributed by atoms with Crippen LogP contribution in [-0.4, -0.2) is 33.2 Å². The zero-order valence-electron chi connectivity index (χ0n) is 7.40. The van der Waals surface area contributed by atoms with E-state index in [-0.39, 0.29) is 0 Å². The lowest BCUT2D eigenvalue weighted by molar-refractivity contribution is 0.265. The molecule has 0 N–H and O–H groups in total.